The Labute approximate surface area is 289 Å². The van der Waals surface area contributed by atoms with E-state index in [1.807, 2.05) is 69.7 Å². The monoisotopic (exact) mass is 699 g/mol. The van der Waals surface area contributed by atoms with Crippen LogP contribution in [0.25, 0.3) is 10.9 Å². The van der Waals surface area contributed by atoms with Crippen molar-refractivity contribution in [2.75, 3.05) is 18.5 Å². The Morgan fingerprint density at radius 2 is 1.29 bits per heavy atom. The number of fused-ring (bicyclic) bond motifs is 1. The number of carbonyl (C=O) groups is 2. The summed E-state index contributed by atoms with van der Waals surface area (Å²) in [7, 11) is 1.89. The van der Waals surface area contributed by atoms with Crippen LogP contribution < -0.4 is 38.0 Å². The van der Waals surface area contributed by atoms with Crippen molar-refractivity contribution in [3.63, 3.8) is 0 Å². The first kappa shape index (κ1) is 39.5. The van der Waals surface area contributed by atoms with Gasteiger partial charge in [0.05, 0.1) is 18.4 Å². The Hall–Kier alpha value is -4.70. The molecule has 48 heavy (non-hydrogen) atoms. The van der Waals surface area contributed by atoms with E-state index in [-0.39, 0.29) is 54.5 Å². The molecule has 1 aromatic carbocycles. The zero-order valence-electron chi connectivity index (χ0n) is 25.7. The molecule has 0 aliphatic heterocycles. The number of aromatic nitrogens is 2. The minimum Gasteiger partial charge on any atom is -0.862 e. The first-order valence-corrected chi connectivity index (χ1v) is 14.0. The number of rotatable bonds is 13. The number of aliphatic imine (C=N–C) groups is 2. The molecule has 2 aliphatic rings. The van der Waals surface area contributed by atoms with Gasteiger partial charge in [0.15, 0.2) is 5.82 Å². The molecule has 18 heteroatoms. The molecule has 2 saturated carbocycles. The molecule has 1 aromatic heterocycles. The van der Waals surface area contributed by atoms with E-state index in [2.05, 4.69) is 39.9 Å². The summed E-state index contributed by atoms with van der Waals surface area (Å²) < 4.78 is 0. The van der Waals surface area contributed by atoms with Crippen LogP contribution in [0.1, 0.15) is 25.7 Å². The molecule has 10 radical (unpaired) electrons. The fraction of sp³-hybridized carbons (Fsp3) is 0.200. The maximum atomic E-state index is 12.6. The van der Waals surface area contributed by atoms with Gasteiger partial charge in [-0.1, -0.05) is 0 Å². The van der Waals surface area contributed by atoms with Gasteiger partial charge in [0.25, 0.3) is 5.95 Å². The number of carbonyl (C=O) groups excluding carboxylic acids is 2. The third-order valence-electron chi connectivity index (χ3n) is 5.84. The van der Waals surface area contributed by atoms with Crippen LogP contribution in [0, 0.1) is 63.7 Å². The summed E-state index contributed by atoms with van der Waals surface area (Å²) in [5.41, 5.74) is 21.5. The van der Waals surface area contributed by atoms with Crippen LogP contribution in [0.15, 0.2) is 38.5 Å². The van der Waals surface area contributed by atoms with Gasteiger partial charge in [-0.2, -0.15) is 4.98 Å². The molecule has 2 aromatic rings. The summed E-state index contributed by atoms with van der Waals surface area (Å²) in [5, 5.41) is 31.7. The van der Waals surface area contributed by atoms with Crippen LogP contribution in [0.2, 0.25) is 0 Å². The van der Waals surface area contributed by atoms with E-state index in [1.165, 1.54) is 0 Å². The van der Waals surface area contributed by atoms with Crippen molar-refractivity contribution >= 4 is 64.0 Å². The Morgan fingerprint density at radius 3 is 1.81 bits per heavy atom. The minimum absolute atomic E-state index is 0. The van der Waals surface area contributed by atoms with Crippen LogP contribution in [0.5, 0.6) is 0 Å². The fourth-order valence-electron chi connectivity index (χ4n) is 3.72. The summed E-state index contributed by atoms with van der Waals surface area (Å²) in [6, 6.07) is 5.21. The Kier molecular flexibility index (Phi) is 16.9. The topological polar surface area (TPSA) is 281 Å². The maximum Gasteiger partial charge on any atom is 2.00 e. The molecule has 4 rings (SSSR count). The van der Waals surface area contributed by atoms with Gasteiger partial charge in [-0.15, -0.1) is 0 Å². The summed E-state index contributed by atoms with van der Waals surface area (Å²) in [5.74, 6) is -3.36. The van der Waals surface area contributed by atoms with Gasteiger partial charge in [-0.25, -0.2) is 24.6 Å². The van der Waals surface area contributed by atoms with Crippen LogP contribution in [0.4, 0.5) is 17.5 Å². The van der Waals surface area contributed by atoms with Crippen molar-refractivity contribution < 1.29 is 46.5 Å². The molecule has 0 atom stereocenters. The van der Waals surface area contributed by atoms with E-state index >= 15 is 0 Å². The van der Waals surface area contributed by atoms with E-state index in [0.717, 1.165) is 11.6 Å². The minimum atomic E-state index is -0.857. The second-order valence-electron chi connectivity index (χ2n) is 9.63. The van der Waals surface area contributed by atoms with Crippen molar-refractivity contribution in [2.45, 2.75) is 25.7 Å². The number of guanidine groups is 2. The van der Waals surface area contributed by atoms with E-state index in [4.69, 9.17) is 22.9 Å². The number of nitrogens with zero attached hydrogens (tertiary/aromatic N) is 7. The average Bonchev–Trinajstić information content (AvgIpc) is 3.78. The Balaban J connectivity index is 0.00000122. The van der Waals surface area contributed by atoms with E-state index < -0.39 is 35.7 Å². The fourth-order valence-corrected chi connectivity index (χ4v) is 3.72. The molecule has 0 amide bonds. The van der Waals surface area contributed by atoms with Gasteiger partial charge in [0.2, 0.25) is 11.9 Å². The SMILES string of the molecule is CN(C[C]1[CH][CH][CH][CH]1)c1ccc2nc(/N=C(\[O-])CCC(=O)ON=C(N)N)nc(N=C([O-])CCC(=O)ON=C(N)N)c2c1.[CH]1[CH][CH][CH][CH]1.[Fe+2]. The Morgan fingerprint density at radius 1 is 0.771 bits per heavy atom. The van der Waals surface area contributed by atoms with Crippen molar-refractivity contribution in [2.24, 2.45) is 43.2 Å². The maximum absolute atomic E-state index is 12.6. The number of oxime groups is 2. The molecular weight excluding hydrogens is 666 g/mol. The third-order valence-corrected chi connectivity index (χ3v) is 5.84. The predicted molar refractivity (Wildman–Crippen MR) is 171 cm³/mol. The van der Waals surface area contributed by atoms with Crippen molar-refractivity contribution in [1.82, 2.24) is 9.97 Å². The normalized spacial score (nSPS) is 14.7. The van der Waals surface area contributed by atoms with Crippen molar-refractivity contribution in [3.8, 4) is 0 Å². The van der Waals surface area contributed by atoms with Crippen LogP contribution in [-0.4, -0.2) is 59.2 Å². The molecule has 252 valence electrons. The largest absolute Gasteiger partial charge is 2.00 e. The number of anilines is 1. The summed E-state index contributed by atoms with van der Waals surface area (Å²) in [6.45, 7) is 0.607. The number of benzene rings is 1. The Bertz CT molecular complexity index is 1480. The molecule has 0 unspecified atom stereocenters. The molecule has 0 bridgehead atoms. The molecular formula is C30H33FeN11O6. The van der Waals surface area contributed by atoms with E-state index in [9.17, 15) is 19.8 Å². The van der Waals surface area contributed by atoms with Gasteiger partial charge in [0, 0.05) is 30.6 Å². The predicted octanol–water partition coefficient (Wildman–Crippen LogP) is -0.706. The van der Waals surface area contributed by atoms with Gasteiger partial charge >= 0.3 is 29.0 Å². The second-order valence-corrected chi connectivity index (χ2v) is 9.63. The van der Waals surface area contributed by atoms with Crippen LogP contribution >= 0.6 is 0 Å². The molecule has 17 nitrogen and oxygen atoms in total. The quantitative estimate of drug-likeness (QED) is 0.0662. The number of nitrogens with two attached hydrogens (primary N) is 4. The molecule has 0 spiro atoms. The third kappa shape index (κ3) is 14.4. The van der Waals surface area contributed by atoms with Crippen molar-refractivity contribution in [3.05, 3.63) is 81.9 Å². The zero-order chi connectivity index (χ0) is 34.2. The van der Waals surface area contributed by atoms with Crippen LogP contribution in [-0.2, 0) is 36.3 Å². The van der Waals surface area contributed by atoms with Gasteiger partial charge in [-0.05, 0) is 111 Å². The first-order chi connectivity index (χ1) is 22.5. The van der Waals surface area contributed by atoms with Crippen molar-refractivity contribution in [1.29, 1.82) is 0 Å². The summed E-state index contributed by atoms with van der Waals surface area (Å²) >= 11 is 0. The molecule has 0 saturated heterocycles. The van der Waals surface area contributed by atoms with E-state index in [0.29, 0.717) is 17.4 Å². The molecule has 2 fully saturated rings. The van der Waals surface area contributed by atoms with Crippen LogP contribution in [0.3, 0.4) is 0 Å². The molecule has 8 N–H and O–H groups in total. The first-order valence-electron chi connectivity index (χ1n) is 14.0. The van der Waals surface area contributed by atoms with E-state index in [1.54, 1.807) is 18.2 Å². The summed E-state index contributed by atoms with van der Waals surface area (Å²) in [6.07, 6.45) is 16.4. The van der Waals surface area contributed by atoms with Gasteiger partial charge in [-0.3, -0.25) is 0 Å². The summed E-state index contributed by atoms with van der Waals surface area (Å²) in [4.78, 5) is 50.6. The van der Waals surface area contributed by atoms with Gasteiger partial charge in [0.1, 0.15) is 0 Å². The average molecular weight is 700 g/mol. The molecule has 1 heterocycles. The van der Waals surface area contributed by atoms with Gasteiger partial charge < -0.3 is 47.7 Å². The standard InChI is InChI=1S/C25H30N11O6.C5H5.Fe/c1-36(13-14-4-2-3-5-14)15-6-7-17-16(12-15)22(31-18(37)8-10-20(39)41-34-23(26)27)33-25(30-17)32-19(38)9-11-21(40)42-35-24(28)29;1-2-4-5-3-1;/h2-7,12H,8-11,13H2,1H3,(H4,26,27,34)(H4,28,29,35)(H2,30,31,32,33,37,38);1-5H;/q;;+2/p-2. The number of hydrogen-bond acceptors (Lipinski definition) is 13. The smallest absolute Gasteiger partial charge is 0.862 e. The second kappa shape index (κ2) is 20.5. The number of hydrogen-bond donors (Lipinski definition) is 4. The zero-order valence-corrected chi connectivity index (χ0v) is 26.8. The molecule has 2 aliphatic carbocycles.